The number of carbonyl (C=O) groups is 2. The maximum Gasteiger partial charge on any atom is 0.175 e. The van der Waals surface area contributed by atoms with Gasteiger partial charge < -0.3 is 15.0 Å². The molecular formula is C47H73N5O3. The van der Waals surface area contributed by atoms with Crippen LogP contribution in [-0.4, -0.2) is 78.8 Å². The molecule has 1 aromatic heterocycles. The van der Waals surface area contributed by atoms with E-state index in [-0.39, 0.29) is 19.3 Å². The summed E-state index contributed by atoms with van der Waals surface area (Å²) in [6.45, 7) is 15.4. The lowest BCUT2D eigenvalue weighted by Crippen LogP contribution is -2.42. The highest BCUT2D eigenvalue weighted by Gasteiger charge is 2.20. The third-order valence-electron chi connectivity index (χ3n) is 10.1. The Balaban J connectivity index is 0.000000622. The minimum atomic E-state index is 0. The highest BCUT2D eigenvalue weighted by molar-refractivity contribution is 5.93. The zero-order valence-electron chi connectivity index (χ0n) is 34.0. The molecule has 0 spiro atoms. The molecule has 1 saturated carbocycles. The normalized spacial score (nSPS) is 14.9. The molecule has 1 N–H and O–H groups in total. The van der Waals surface area contributed by atoms with E-state index in [0.717, 1.165) is 101 Å². The average Bonchev–Trinajstić information content (AvgIpc) is 4.01. The summed E-state index contributed by atoms with van der Waals surface area (Å²) in [6, 6.07) is 15.9. The van der Waals surface area contributed by atoms with Gasteiger partial charge in [0.05, 0.1) is 35.7 Å². The molecule has 1 aromatic carbocycles. The minimum Gasteiger partial charge on any atom is -0.380 e. The Morgan fingerprint density at radius 2 is 1.62 bits per heavy atom. The number of hydrogen-bond acceptors (Lipinski definition) is 8. The van der Waals surface area contributed by atoms with Crippen molar-refractivity contribution in [3.8, 4) is 6.07 Å². The second kappa shape index (κ2) is 28.7. The molecule has 2 aliphatic rings. The number of ether oxygens (including phenoxy) is 1. The topological polar surface area (TPSA) is 98.6 Å². The van der Waals surface area contributed by atoms with E-state index in [4.69, 9.17) is 10.00 Å². The van der Waals surface area contributed by atoms with Gasteiger partial charge >= 0.3 is 0 Å². The van der Waals surface area contributed by atoms with E-state index in [1.165, 1.54) is 75.3 Å². The largest absolute Gasteiger partial charge is 0.380 e. The Bertz CT molecular complexity index is 1460. The first kappa shape index (κ1) is 47.5. The van der Waals surface area contributed by atoms with Crippen LogP contribution in [0.15, 0.2) is 65.9 Å². The van der Waals surface area contributed by atoms with Crippen LogP contribution >= 0.6 is 0 Å². The predicted molar refractivity (Wildman–Crippen MR) is 228 cm³/mol. The summed E-state index contributed by atoms with van der Waals surface area (Å²) in [6.07, 6.45) is 22.6. The van der Waals surface area contributed by atoms with Crippen LogP contribution in [0.3, 0.4) is 0 Å². The molecule has 8 nitrogen and oxygen atoms in total. The van der Waals surface area contributed by atoms with E-state index in [9.17, 15) is 9.59 Å². The molecule has 55 heavy (non-hydrogen) atoms. The van der Waals surface area contributed by atoms with E-state index in [1.807, 2.05) is 30.3 Å². The number of benzene rings is 1. The number of rotatable bonds is 27. The Morgan fingerprint density at radius 3 is 2.27 bits per heavy atom. The molecule has 1 aliphatic heterocycles. The predicted octanol–water partition coefficient (Wildman–Crippen LogP) is 9.88. The lowest BCUT2D eigenvalue weighted by molar-refractivity contribution is -0.114. The van der Waals surface area contributed by atoms with Gasteiger partial charge in [-0.2, -0.15) is 5.26 Å². The van der Waals surface area contributed by atoms with Crippen LogP contribution < -0.4 is 5.32 Å². The number of allylic oxidation sites excluding steroid dienone is 3. The molecule has 1 fully saturated rings. The van der Waals surface area contributed by atoms with Crippen molar-refractivity contribution in [1.82, 2.24) is 20.1 Å². The van der Waals surface area contributed by atoms with Crippen molar-refractivity contribution in [2.45, 2.75) is 138 Å². The van der Waals surface area contributed by atoms with Crippen molar-refractivity contribution in [2.75, 3.05) is 45.9 Å². The number of aromatic nitrogens is 1. The van der Waals surface area contributed by atoms with Gasteiger partial charge in [0.15, 0.2) is 12.1 Å². The number of nitrogens with zero attached hydrogens (tertiary/aromatic N) is 4. The van der Waals surface area contributed by atoms with Crippen molar-refractivity contribution >= 4 is 12.1 Å². The number of Topliss-reactive ketones (excluding diaryl/α,β-unsaturated/α-hetero) is 1. The van der Waals surface area contributed by atoms with Gasteiger partial charge in [-0.15, -0.1) is 0 Å². The maximum atomic E-state index is 12.0. The fourth-order valence-corrected chi connectivity index (χ4v) is 6.87. The van der Waals surface area contributed by atoms with Crippen LogP contribution in [0.1, 0.15) is 146 Å². The maximum absolute atomic E-state index is 12.0. The number of nitriles is 1. The van der Waals surface area contributed by atoms with E-state index in [2.05, 4.69) is 65.1 Å². The second-order valence-electron chi connectivity index (χ2n) is 15.3. The summed E-state index contributed by atoms with van der Waals surface area (Å²) in [5.74, 6) is 1.10. The highest BCUT2D eigenvalue weighted by atomic mass is 16.5. The first-order valence-corrected chi connectivity index (χ1v) is 20.9. The minimum absolute atomic E-state index is 0. The summed E-state index contributed by atoms with van der Waals surface area (Å²) >= 11 is 0. The van der Waals surface area contributed by atoms with Crippen LogP contribution in [0.2, 0.25) is 0 Å². The van der Waals surface area contributed by atoms with Gasteiger partial charge in [0.2, 0.25) is 0 Å². The third-order valence-corrected chi connectivity index (χ3v) is 10.1. The molecule has 4 rings (SSSR count). The summed E-state index contributed by atoms with van der Waals surface area (Å²) in [5, 5.41) is 12.1. The smallest absolute Gasteiger partial charge is 0.175 e. The molecule has 0 saturated heterocycles. The van der Waals surface area contributed by atoms with E-state index in [0.29, 0.717) is 12.3 Å². The van der Waals surface area contributed by atoms with Crippen LogP contribution in [0.4, 0.5) is 0 Å². The zero-order chi connectivity index (χ0) is 38.8. The lowest BCUT2D eigenvalue weighted by Gasteiger charge is -2.29. The van der Waals surface area contributed by atoms with Crippen LogP contribution in [-0.2, 0) is 22.5 Å². The van der Waals surface area contributed by atoms with Crippen molar-refractivity contribution < 1.29 is 14.3 Å². The van der Waals surface area contributed by atoms with Gasteiger partial charge in [0, 0.05) is 33.2 Å². The molecule has 0 radical (unpaired) electrons. The summed E-state index contributed by atoms with van der Waals surface area (Å²) in [4.78, 5) is 32.3. The molecule has 304 valence electrons. The second-order valence-corrected chi connectivity index (χ2v) is 15.3. The quantitative estimate of drug-likeness (QED) is 0.0711. The van der Waals surface area contributed by atoms with Crippen molar-refractivity contribution in [2.24, 2.45) is 5.92 Å². The van der Waals surface area contributed by atoms with Gasteiger partial charge in [0.1, 0.15) is 5.69 Å². The Hall–Kier alpha value is -3.64. The molecule has 2 aromatic rings. The van der Waals surface area contributed by atoms with Gasteiger partial charge in [0.25, 0.3) is 0 Å². The third kappa shape index (κ3) is 21.3. The number of carbonyl (C=O) groups excluding carboxylic acids is 2. The number of dihydropyridines is 1. The van der Waals surface area contributed by atoms with Crippen LogP contribution in [0.25, 0.3) is 0 Å². The van der Waals surface area contributed by atoms with Gasteiger partial charge in [-0.1, -0.05) is 96.1 Å². The number of pyridine rings is 1. The summed E-state index contributed by atoms with van der Waals surface area (Å²) in [7, 11) is 0. The molecule has 0 amide bonds. The number of ketones is 1. The summed E-state index contributed by atoms with van der Waals surface area (Å²) in [5.41, 5.74) is 5.44. The Labute approximate surface area is 334 Å². The molecule has 8 heteroatoms. The van der Waals surface area contributed by atoms with E-state index in [1.54, 1.807) is 13.0 Å². The fourth-order valence-electron chi connectivity index (χ4n) is 6.87. The number of aryl methyl sites for hydroxylation is 1. The molecule has 1 aliphatic carbocycles. The molecular weight excluding hydrogens is 683 g/mol. The van der Waals surface area contributed by atoms with E-state index < -0.39 is 0 Å². The van der Waals surface area contributed by atoms with Crippen molar-refractivity contribution in [3.63, 3.8) is 0 Å². The van der Waals surface area contributed by atoms with Gasteiger partial charge in [-0.05, 0) is 113 Å². The van der Waals surface area contributed by atoms with E-state index >= 15 is 0 Å². The Morgan fingerprint density at radius 1 is 0.909 bits per heavy atom. The molecule has 1 atom stereocenters. The number of aldehydes is 1. The monoisotopic (exact) mass is 756 g/mol. The zero-order valence-corrected chi connectivity index (χ0v) is 34.0. The Kier molecular flexibility index (Phi) is 24.8. The van der Waals surface area contributed by atoms with Gasteiger partial charge in [-0.3, -0.25) is 14.5 Å². The highest BCUT2D eigenvalue weighted by Crippen LogP contribution is 2.33. The number of hydrogen-bond donors (Lipinski definition) is 1. The van der Waals surface area contributed by atoms with Crippen molar-refractivity contribution in [1.29, 1.82) is 5.26 Å². The van der Waals surface area contributed by atoms with Gasteiger partial charge in [-0.25, -0.2) is 4.98 Å². The lowest BCUT2D eigenvalue weighted by atomic mass is 10.0. The average molecular weight is 756 g/mol. The number of nitrogens with one attached hydrogen (secondary N) is 1. The first-order valence-electron chi connectivity index (χ1n) is 20.9. The SMILES string of the molecule is C.CCCCCCCCN(CCCCCOCCN(CCC)Cc1cccc(C=O)n1)CC1C=C(C)C=C(C(C)=O)N1.N#Cc1ccc(CCC2CC2)cc1. The molecule has 1 unspecified atom stereocenters. The van der Waals surface area contributed by atoms with Crippen LogP contribution in [0, 0.1) is 17.2 Å². The first-order chi connectivity index (χ1) is 26.3. The van der Waals surface area contributed by atoms with Crippen molar-refractivity contribution in [3.05, 3.63) is 88.4 Å². The molecule has 0 bridgehead atoms. The molecule has 2 heterocycles. The standard InChI is InChI=1S/C34H56N4O3.C12H13N.CH4/c1-5-7-8-9-10-12-19-38(27-33-24-29(3)25-34(36-33)30(4)40)20-13-11-14-22-41-23-21-37(18-6-2)26-31-16-15-17-32(28-39)35-31;13-9-12-7-5-11(6-8-12)4-3-10-1-2-10;/h15-17,24-25,28,33,36H,5-14,18-23,26-27H2,1-4H3;5-8,10H,1-4H2;1H4. The summed E-state index contributed by atoms with van der Waals surface area (Å²) < 4.78 is 5.99. The fraction of sp³-hybridized carbons (Fsp3) is 0.617. The number of unbranched alkanes of at least 4 members (excludes halogenated alkanes) is 7. The van der Waals surface area contributed by atoms with Crippen LogP contribution in [0.5, 0.6) is 0 Å².